The van der Waals surface area contributed by atoms with E-state index >= 15 is 0 Å². The Balaban J connectivity index is 2.18. The van der Waals surface area contributed by atoms with E-state index in [1.807, 2.05) is 0 Å². The van der Waals surface area contributed by atoms with Crippen molar-refractivity contribution in [1.82, 2.24) is 21.3 Å². The molecule has 16 heteroatoms. The number of rotatable bonds is 17. The molecule has 1 aliphatic rings. The maximum Gasteiger partial charge on any atom is 0.326 e. The second-order valence-corrected chi connectivity index (χ2v) is 9.94. The van der Waals surface area contributed by atoms with Crippen LogP contribution in [0.5, 0.6) is 5.75 Å². The summed E-state index contributed by atoms with van der Waals surface area (Å²) in [6, 6.07) is 1.98. The summed E-state index contributed by atoms with van der Waals surface area (Å²) in [6.07, 6.45) is 2.31. The summed E-state index contributed by atoms with van der Waals surface area (Å²) in [5.41, 5.74) is 22.1. The van der Waals surface area contributed by atoms with E-state index in [9.17, 15) is 29.4 Å². The topological polar surface area (TPSA) is 286 Å². The lowest BCUT2D eigenvalue weighted by molar-refractivity contribution is -0.142. The zero-order valence-electron chi connectivity index (χ0n) is 23.4. The molecular formula is C26H42N10O6. The van der Waals surface area contributed by atoms with Crippen LogP contribution in [0.2, 0.25) is 0 Å². The van der Waals surface area contributed by atoms with Gasteiger partial charge in [-0.15, -0.1) is 0 Å². The molecule has 0 aliphatic carbocycles. The minimum Gasteiger partial charge on any atom is -0.508 e. The zero-order valence-corrected chi connectivity index (χ0v) is 23.4. The fourth-order valence-corrected chi connectivity index (χ4v) is 4.34. The van der Waals surface area contributed by atoms with Crippen LogP contribution in [0.4, 0.5) is 0 Å². The smallest absolute Gasteiger partial charge is 0.326 e. The van der Waals surface area contributed by atoms with Gasteiger partial charge in [0.25, 0.3) is 0 Å². The second-order valence-electron chi connectivity index (χ2n) is 9.94. The molecule has 1 aromatic rings. The molecule has 4 atom stereocenters. The molecule has 232 valence electrons. The van der Waals surface area contributed by atoms with E-state index in [2.05, 4.69) is 31.3 Å². The molecular weight excluding hydrogens is 548 g/mol. The molecule has 0 unspecified atom stereocenters. The standard InChI is InChI=1S/C26H42N10O6/c27-25(28)32-12-2-5-18(34-21(38)17-4-1-11-31-17)22(39)35-19(6-3-13-33-26(29)30)23(40)36-20(24(41)42)14-15-7-9-16(37)10-8-15/h7-10,17-20,31,37H,1-6,11-14H2,(H,34,38)(H,35,39)(H,36,40)(H,41,42)(H4,27,28,32)(H4,29,30,33)/t17-,18-,19-,20-/m0/s1. The number of phenolic OH excluding ortho intramolecular Hbond substituents is 1. The zero-order chi connectivity index (χ0) is 31.1. The molecule has 1 aromatic carbocycles. The first-order valence-electron chi connectivity index (χ1n) is 13.7. The van der Waals surface area contributed by atoms with E-state index in [0.717, 1.165) is 6.42 Å². The van der Waals surface area contributed by atoms with Crippen molar-refractivity contribution in [1.29, 1.82) is 0 Å². The van der Waals surface area contributed by atoms with Gasteiger partial charge in [0.05, 0.1) is 6.04 Å². The van der Waals surface area contributed by atoms with E-state index in [1.54, 1.807) is 12.1 Å². The average molecular weight is 591 g/mol. The van der Waals surface area contributed by atoms with Crippen LogP contribution in [-0.2, 0) is 25.6 Å². The summed E-state index contributed by atoms with van der Waals surface area (Å²) in [5, 5.41) is 30.2. The average Bonchev–Trinajstić information content (AvgIpc) is 3.47. The van der Waals surface area contributed by atoms with Gasteiger partial charge in [-0.25, -0.2) is 4.79 Å². The highest BCUT2D eigenvalue weighted by Gasteiger charge is 2.31. The molecule has 1 saturated heterocycles. The van der Waals surface area contributed by atoms with Crippen LogP contribution in [0.15, 0.2) is 34.3 Å². The molecule has 1 heterocycles. The van der Waals surface area contributed by atoms with Gasteiger partial charge in [0.2, 0.25) is 17.7 Å². The minimum absolute atomic E-state index is 0.0156. The molecule has 2 rings (SSSR count). The summed E-state index contributed by atoms with van der Waals surface area (Å²) >= 11 is 0. The van der Waals surface area contributed by atoms with Gasteiger partial charge in [0.1, 0.15) is 23.9 Å². The third kappa shape index (κ3) is 12.3. The molecule has 14 N–H and O–H groups in total. The van der Waals surface area contributed by atoms with Crippen molar-refractivity contribution in [3.05, 3.63) is 29.8 Å². The number of benzene rings is 1. The summed E-state index contributed by atoms with van der Waals surface area (Å²) < 4.78 is 0. The van der Waals surface area contributed by atoms with Crippen LogP contribution in [0.3, 0.4) is 0 Å². The van der Waals surface area contributed by atoms with Crippen LogP contribution in [0, 0.1) is 0 Å². The SMILES string of the molecule is NC(N)=NCCC[C@H](NC(=O)[C@H](CCCN=C(N)N)NC(=O)[C@@H]1CCCN1)C(=O)N[C@@H](Cc1ccc(O)cc1)C(=O)O. The lowest BCUT2D eigenvalue weighted by Crippen LogP contribution is -2.57. The number of amides is 3. The largest absolute Gasteiger partial charge is 0.508 e. The van der Waals surface area contributed by atoms with Crippen molar-refractivity contribution in [2.75, 3.05) is 19.6 Å². The molecule has 1 aliphatic heterocycles. The molecule has 0 spiro atoms. The van der Waals surface area contributed by atoms with E-state index in [4.69, 9.17) is 22.9 Å². The third-order valence-electron chi connectivity index (χ3n) is 6.52. The quantitative estimate of drug-likeness (QED) is 0.0507. The van der Waals surface area contributed by atoms with Gasteiger partial charge >= 0.3 is 5.97 Å². The van der Waals surface area contributed by atoms with Crippen molar-refractivity contribution < 1.29 is 29.4 Å². The van der Waals surface area contributed by atoms with Crippen molar-refractivity contribution >= 4 is 35.6 Å². The first-order valence-corrected chi connectivity index (χ1v) is 13.7. The summed E-state index contributed by atoms with van der Waals surface area (Å²) in [4.78, 5) is 59.2. The van der Waals surface area contributed by atoms with Crippen LogP contribution in [0.1, 0.15) is 44.1 Å². The Labute approximate surface area is 243 Å². The highest BCUT2D eigenvalue weighted by atomic mass is 16.4. The Bertz CT molecular complexity index is 1110. The van der Waals surface area contributed by atoms with Crippen LogP contribution in [0.25, 0.3) is 0 Å². The van der Waals surface area contributed by atoms with Gasteiger partial charge in [0.15, 0.2) is 11.9 Å². The van der Waals surface area contributed by atoms with Crippen LogP contribution < -0.4 is 44.2 Å². The molecule has 0 bridgehead atoms. The Morgan fingerprint density at radius 3 is 1.86 bits per heavy atom. The lowest BCUT2D eigenvalue weighted by Gasteiger charge is -2.25. The minimum atomic E-state index is -1.32. The molecule has 16 nitrogen and oxygen atoms in total. The number of nitrogens with two attached hydrogens (primary N) is 4. The Kier molecular flexibility index (Phi) is 13.8. The van der Waals surface area contributed by atoms with Crippen molar-refractivity contribution in [3.63, 3.8) is 0 Å². The molecule has 0 saturated carbocycles. The van der Waals surface area contributed by atoms with Crippen LogP contribution >= 0.6 is 0 Å². The number of aliphatic carboxylic acids is 1. The van der Waals surface area contributed by atoms with E-state index in [-0.39, 0.29) is 55.9 Å². The van der Waals surface area contributed by atoms with Crippen molar-refractivity contribution in [2.45, 2.75) is 69.1 Å². The van der Waals surface area contributed by atoms with Crippen LogP contribution in [-0.4, -0.2) is 89.6 Å². The second kappa shape index (κ2) is 17.3. The molecule has 3 amide bonds. The first kappa shape index (κ1) is 33.6. The number of carbonyl (C=O) groups excluding carboxylic acids is 3. The Morgan fingerprint density at radius 1 is 0.857 bits per heavy atom. The molecule has 0 aromatic heterocycles. The van der Waals surface area contributed by atoms with E-state index in [0.29, 0.717) is 31.4 Å². The van der Waals surface area contributed by atoms with E-state index < -0.39 is 42.0 Å². The number of phenols is 1. The molecule has 42 heavy (non-hydrogen) atoms. The van der Waals surface area contributed by atoms with Gasteiger partial charge in [-0.05, 0) is 62.8 Å². The number of hydrogen-bond acceptors (Lipinski definition) is 8. The fraction of sp³-hybridized carbons (Fsp3) is 0.538. The number of nitrogens with one attached hydrogen (secondary N) is 4. The molecule has 1 fully saturated rings. The van der Waals surface area contributed by atoms with Gasteiger partial charge < -0.3 is 54.4 Å². The first-order chi connectivity index (χ1) is 20.0. The Morgan fingerprint density at radius 2 is 1.38 bits per heavy atom. The van der Waals surface area contributed by atoms with Gasteiger partial charge in [-0.2, -0.15) is 0 Å². The van der Waals surface area contributed by atoms with Crippen molar-refractivity contribution in [2.24, 2.45) is 32.9 Å². The fourth-order valence-electron chi connectivity index (χ4n) is 4.34. The maximum atomic E-state index is 13.4. The number of carboxylic acid groups (broad SMARTS) is 1. The number of hydrogen-bond donors (Lipinski definition) is 10. The monoisotopic (exact) mass is 590 g/mol. The molecule has 0 radical (unpaired) electrons. The number of guanidine groups is 2. The van der Waals surface area contributed by atoms with Crippen molar-refractivity contribution in [3.8, 4) is 5.75 Å². The summed E-state index contributed by atoms with van der Waals surface area (Å²) in [6.45, 7) is 1.08. The predicted molar refractivity (Wildman–Crippen MR) is 156 cm³/mol. The van der Waals surface area contributed by atoms with Gasteiger partial charge in [-0.1, -0.05) is 12.1 Å². The maximum absolute atomic E-state index is 13.4. The highest BCUT2D eigenvalue weighted by molar-refractivity contribution is 5.94. The Hall–Kier alpha value is -4.60. The van der Waals surface area contributed by atoms with Gasteiger partial charge in [0, 0.05) is 19.5 Å². The predicted octanol–water partition coefficient (Wildman–Crippen LogP) is -2.67. The number of aliphatic imine (C=N–C) groups is 2. The number of nitrogens with zero attached hydrogens (tertiary/aromatic N) is 2. The summed E-state index contributed by atoms with van der Waals surface area (Å²) in [7, 11) is 0. The normalized spacial score (nSPS) is 16.3. The van der Waals surface area contributed by atoms with Gasteiger partial charge in [-0.3, -0.25) is 24.4 Å². The highest BCUT2D eigenvalue weighted by Crippen LogP contribution is 2.12. The number of carbonyl (C=O) groups is 4. The van der Waals surface area contributed by atoms with E-state index in [1.165, 1.54) is 12.1 Å². The number of aromatic hydroxyl groups is 1. The summed E-state index contributed by atoms with van der Waals surface area (Å²) in [5.74, 6) is -3.21. The number of carboxylic acids is 1. The third-order valence-corrected chi connectivity index (χ3v) is 6.52. The lowest BCUT2D eigenvalue weighted by atomic mass is 10.0.